The Balaban J connectivity index is 0.00000320. The maximum Gasteiger partial charge on any atom is 0.407 e. The van der Waals surface area contributed by atoms with Crippen molar-refractivity contribution in [3.05, 3.63) is 59.7 Å². The molecule has 3 rings (SSSR count). The predicted octanol–water partition coefficient (Wildman–Crippen LogP) is 4.29. The largest absolute Gasteiger partial charge is 0.480 e. The molecule has 0 bridgehead atoms. The molecule has 1 aliphatic carbocycles. The number of hydrogen-bond acceptors (Lipinski definition) is 4. The Morgan fingerprint density at radius 1 is 1.03 bits per heavy atom. The second kappa shape index (κ2) is 9.53. The highest BCUT2D eigenvalue weighted by Gasteiger charge is 2.32. The molecule has 2 atom stereocenters. The number of nitrogens with one attached hydrogen (secondary N) is 1. The monoisotopic (exact) mass is 431 g/mol. The summed E-state index contributed by atoms with van der Waals surface area (Å²) in [6, 6.07) is 14.9. The van der Waals surface area contributed by atoms with Crippen molar-refractivity contribution >= 4 is 25.6 Å². The SMILES string of the molecule is C[C@@H](OC(C)(C)C)[C@H](NC(=O)OCC1c2ccccc2-c2ccccc21)C(=O)O.S. The molecule has 30 heavy (non-hydrogen) atoms. The summed E-state index contributed by atoms with van der Waals surface area (Å²) < 4.78 is 11.1. The summed E-state index contributed by atoms with van der Waals surface area (Å²) in [6.07, 6.45) is -1.49. The van der Waals surface area contributed by atoms with Crippen molar-refractivity contribution in [2.45, 2.75) is 51.4 Å². The van der Waals surface area contributed by atoms with E-state index in [0.717, 1.165) is 22.3 Å². The van der Waals surface area contributed by atoms with E-state index in [1.54, 1.807) is 6.92 Å². The Morgan fingerprint density at radius 3 is 2.00 bits per heavy atom. The van der Waals surface area contributed by atoms with Crippen LogP contribution in [0.3, 0.4) is 0 Å². The fraction of sp³-hybridized carbons (Fsp3) is 0.391. The van der Waals surface area contributed by atoms with E-state index in [1.807, 2.05) is 57.2 Å². The second-order valence-corrected chi connectivity index (χ2v) is 8.22. The first-order chi connectivity index (χ1) is 13.7. The molecule has 0 fully saturated rings. The third-order valence-electron chi connectivity index (χ3n) is 4.89. The number of fused-ring (bicyclic) bond motifs is 3. The fourth-order valence-corrected chi connectivity index (χ4v) is 3.77. The van der Waals surface area contributed by atoms with E-state index in [1.165, 1.54) is 0 Å². The zero-order valence-electron chi connectivity index (χ0n) is 17.6. The topological polar surface area (TPSA) is 84.9 Å². The molecule has 2 N–H and O–H groups in total. The number of benzene rings is 2. The molecule has 0 radical (unpaired) electrons. The van der Waals surface area contributed by atoms with E-state index < -0.39 is 29.8 Å². The Labute approximate surface area is 184 Å². The van der Waals surface area contributed by atoms with E-state index in [-0.39, 0.29) is 26.0 Å². The molecular formula is C23H29NO5S. The highest BCUT2D eigenvalue weighted by molar-refractivity contribution is 7.59. The van der Waals surface area contributed by atoms with Gasteiger partial charge in [-0.3, -0.25) is 0 Å². The lowest BCUT2D eigenvalue weighted by molar-refractivity contribution is -0.147. The maximum absolute atomic E-state index is 12.4. The van der Waals surface area contributed by atoms with E-state index in [2.05, 4.69) is 17.4 Å². The van der Waals surface area contributed by atoms with Crippen LogP contribution in [0.4, 0.5) is 4.79 Å². The van der Waals surface area contributed by atoms with Crippen LogP contribution in [0.15, 0.2) is 48.5 Å². The lowest BCUT2D eigenvalue weighted by Gasteiger charge is -2.29. The molecule has 0 heterocycles. The number of hydrogen-bond donors (Lipinski definition) is 2. The molecule has 1 aliphatic rings. The maximum atomic E-state index is 12.4. The molecule has 162 valence electrons. The number of carbonyl (C=O) groups is 2. The van der Waals surface area contributed by atoms with Gasteiger partial charge in [0.05, 0.1) is 11.7 Å². The first-order valence-corrected chi connectivity index (χ1v) is 9.69. The summed E-state index contributed by atoms with van der Waals surface area (Å²) in [5.41, 5.74) is 3.93. The zero-order chi connectivity index (χ0) is 21.2. The van der Waals surface area contributed by atoms with Gasteiger partial charge < -0.3 is 19.9 Å². The standard InChI is InChI=1S/C23H27NO5.H2S/c1-14(29-23(2,3)4)20(21(25)26)24-22(27)28-13-19-17-11-7-5-9-15(17)16-10-6-8-12-18(16)19;/h5-12,14,19-20H,13H2,1-4H3,(H,24,27)(H,25,26);1H2/t14-,20+;/m1./s1. The Hall–Kier alpha value is -2.51. The van der Waals surface area contributed by atoms with Gasteiger partial charge in [0.2, 0.25) is 0 Å². The minimum absolute atomic E-state index is 0. The van der Waals surface area contributed by atoms with Gasteiger partial charge in [0.15, 0.2) is 6.04 Å². The lowest BCUT2D eigenvalue weighted by Crippen LogP contribution is -2.50. The molecule has 0 unspecified atom stereocenters. The number of carboxylic acid groups (broad SMARTS) is 1. The van der Waals surface area contributed by atoms with Crippen LogP contribution in [0.2, 0.25) is 0 Å². The Morgan fingerprint density at radius 2 is 1.53 bits per heavy atom. The van der Waals surface area contributed by atoms with Gasteiger partial charge >= 0.3 is 12.1 Å². The molecule has 2 aromatic carbocycles. The zero-order valence-corrected chi connectivity index (χ0v) is 18.6. The van der Waals surface area contributed by atoms with Crippen molar-refractivity contribution < 1.29 is 24.2 Å². The van der Waals surface area contributed by atoms with E-state index >= 15 is 0 Å². The molecule has 7 heteroatoms. The van der Waals surface area contributed by atoms with Crippen LogP contribution >= 0.6 is 13.5 Å². The van der Waals surface area contributed by atoms with Crippen LogP contribution in [-0.4, -0.2) is 41.5 Å². The Bertz CT molecular complexity index is 863. The summed E-state index contributed by atoms with van der Waals surface area (Å²) in [7, 11) is 0. The minimum atomic E-state index is -1.20. The molecule has 0 aromatic heterocycles. The van der Waals surface area contributed by atoms with Gasteiger partial charge in [-0.25, -0.2) is 9.59 Å². The van der Waals surface area contributed by atoms with E-state index in [9.17, 15) is 14.7 Å². The molecular weight excluding hydrogens is 402 g/mol. The third-order valence-corrected chi connectivity index (χ3v) is 4.89. The highest BCUT2D eigenvalue weighted by Crippen LogP contribution is 2.44. The quantitative estimate of drug-likeness (QED) is 0.713. The van der Waals surface area contributed by atoms with Crippen LogP contribution in [0.1, 0.15) is 44.7 Å². The van der Waals surface area contributed by atoms with Crippen molar-refractivity contribution in [1.82, 2.24) is 5.32 Å². The summed E-state index contributed by atoms with van der Waals surface area (Å²) in [4.78, 5) is 24.0. The molecule has 0 spiro atoms. The number of carbonyl (C=O) groups excluding carboxylic acids is 1. The number of rotatable bonds is 6. The number of ether oxygens (including phenoxy) is 2. The second-order valence-electron chi connectivity index (χ2n) is 8.22. The van der Waals surface area contributed by atoms with Crippen molar-refractivity contribution in [2.75, 3.05) is 6.61 Å². The average molecular weight is 432 g/mol. The normalized spacial score (nSPS) is 14.7. The lowest BCUT2D eigenvalue weighted by atomic mass is 9.98. The average Bonchev–Trinajstić information content (AvgIpc) is 2.96. The molecule has 0 saturated heterocycles. The van der Waals surface area contributed by atoms with Gasteiger partial charge in [-0.1, -0.05) is 48.5 Å². The number of alkyl carbamates (subject to hydrolysis) is 1. The smallest absolute Gasteiger partial charge is 0.407 e. The fourth-order valence-electron chi connectivity index (χ4n) is 3.77. The van der Waals surface area contributed by atoms with Gasteiger partial charge in [-0.2, -0.15) is 13.5 Å². The van der Waals surface area contributed by atoms with Crippen LogP contribution in [-0.2, 0) is 14.3 Å². The van der Waals surface area contributed by atoms with Crippen molar-refractivity contribution in [1.29, 1.82) is 0 Å². The van der Waals surface area contributed by atoms with Crippen molar-refractivity contribution in [2.24, 2.45) is 0 Å². The van der Waals surface area contributed by atoms with Gasteiger partial charge in [-0.05, 0) is 49.9 Å². The molecule has 0 aliphatic heterocycles. The third kappa shape index (κ3) is 5.34. The van der Waals surface area contributed by atoms with E-state index in [4.69, 9.17) is 9.47 Å². The summed E-state index contributed by atoms with van der Waals surface area (Å²) in [6.45, 7) is 7.23. The van der Waals surface area contributed by atoms with Gasteiger partial charge in [0.25, 0.3) is 0 Å². The molecule has 1 amide bonds. The first kappa shape index (κ1) is 23.8. The minimum Gasteiger partial charge on any atom is -0.480 e. The summed E-state index contributed by atoms with van der Waals surface area (Å²) in [5.74, 6) is -1.25. The van der Waals surface area contributed by atoms with Crippen LogP contribution < -0.4 is 5.32 Å². The molecule has 2 aromatic rings. The van der Waals surface area contributed by atoms with Crippen molar-refractivity contribution in [3.8, 4) is 11.1 Å². The van der Waals surface area contributed by atoms with Crippen LogP contribution in [0.5, 0.6) is 0 Å². The Kier molecular flexibility index (Phi) is 7.55. The number of carboxylic acids is 1. The molecule has 6 nitrogen and oxygen atoms in total. The van der Waals surface area contributed by atoms with Crippen LogP contribution in [0, 0.1) is 0 Å². The van der Waals surface area contributed by atoms with Crippen molar-refractivity contribution in [3.63, 3.8) is 0 Å². The predicted molar refractivity (Wildman–Crippen MR) is 120 cm³/mol. The summed E-state index contributed by atoms with van der Waals surface area (Å²) >= 11 is 0. The molecule has 0 saturated carbocycles. The van der Waals surface area contributed by atoms with Gasteiger partial charge in [-0.15, -0.1) is 0 Å². The highest BCUT2D eigenvalue weighted by atomic mass is 32.1. The van der Waals surface area contributed by atoms with Crippen LogP contribution in [0.25, 0.3) is 11.1 Å². The number of aliphatic carboxylic acids is 1. The summed E-state index contributed by atoms with van der Waals surface area (Å²) in [5, 5.41) is 11.9. The van der Waals surface area contributed by atoms with E-state index in [0.29, 0.717) is 0 Å². The van der Waals surface area contributed by atoms with Gasteiger partial charge in [0, 0.05) is 5.92 Å². The van der Waals surface area contributed by atoms with Gasteiger partial charge in [0.1, 0.15) is 6.61 Å². The number of amides is 1. The first-order valence-electron chi connectivity index (χ1n) is 9.69.